The van der Waals surface area contributed by atoms with Gasteiger partial charge >= 0.3 is 5.69 Å². The predicted octanol–water partition coefficient (Wildman–Crippen LogP) is 3.87. The third kappa shape index (κ3) is 4.35. The summed E-state index contributed by atoms with van der Waals surface area (Å²) in [6.07, 6.45) is -0.105. The van der Waals surface area contributed by atoms with Gasteiger partial charge in [0.25, 0.3) is 5.92 Å². The van der Waals surface area contributed by atoms with Crippen LogP contribution in [0.15, 0.2) is 35.1 Å². The van der Waals surface area contributed by atoms with Gasteiger partial charge in [0, 0.05) is 44.4 Å². The number of nitrogen functional groups attached to an aromatic ring is 1. The molecule has 1 aliphatic heterocycles. The molecule has 1 aromatic carbocycles. The molecule has 166 valence electrons. The summed E-state index contributed by atoms with van der Waals surface area (Å²) in [5.41, 5.74) is 10.3. The molecule has 0 atom stereocenters. The second-order valence-corrected chi connectivity index (χ2v) is 9.77. The van der Waals surface area contributed by atoms with E-state index in [9.17, 15) is 13.6 Å². The van der Waals surface area contributed by atoms with Gasteiger partial charge in [-0.15, -0.1) is 0 Å². The fraction of sp³-hybridized carbons (Fsp3) is 0.478. The van der Waals surface area contributed by atoms with Gasteiger partial charge in [-0.1, -0.05) is 26.8 Å². The van der Waals surface area contributed by atoms with E-state index >= 15 is 0 Å². The minimum Gasteiger partial charge on any atom is -0.398 e. The lowest BCUT2D eigenvalue weighted by molar-refractivity contribution is 0.0115. The molecule has 1 aliphatic rings. The number of likely N-dealkylation sites (tertiary alicyclic amines) is 1. The summed E-state index contributed by atoms with van der Waals surface area (Å²) in [6.45, 7) is 7.43. The van der Waals surface area contributed by atoms with Crippen molar-refractivity contribution in [1.29, 1.82) is 0 Å². The van der Waals surface area contributed by atoms with Crippen molar-refractivity contribution in [2.24, 2.45) is 12.5 Å². The lowest BCUT2D eigenvalue weighted by Crippen LogP contribution is -2.27. The minimum absolute atomic E-state index is 0.0537. The molecule has 2 aromatic heterocycles. The number of nitrogens with two attached hydrogens (primary N) is 1. The van der Waals surface area contributed by atoms with Crippen LogP contribution in [0.2, 0.25) is 0 Å². The number of hydrogen-bond acceptors (Lipinski definition) is 4. The maximum Gasteiger partial charge on any atom is 0.330 e. The molecular formula is C23H29F2N5O. The second kappa shape index (κ2) is 7.44. The van der Waals surface area contributed by atoms with Crippen LogP contribution in [-0.4, -0.2) is 38.0 Å². The molecule has 3 heterocycles. The number of aromatic nitrogens is 3. The summed E-state index contributed by atoms with van der Waals surface area (Å²) in [5.74, 6) is -2.62. The fourth-order valence-electron chi connectivity index (χ4n) is 4.17. The van der Waals surface area contributed by atoms with E-state index in [0.717, 1.165) is 16.6 Å². The largest absolute Gasteiger partial charge is 0.398 e. The first-order chi connectivity index (χ1) is 14.4. The Morgan fingerprint density at radius 2 is 1.94 bits per heavy atom. The maximum atomic E-state index is 13.5. The zero-order valence-corrected chi connectivity index (χ0v) is 18.5. The average molecular weight is 430 g/mol. The number of anilines is 1. The first kappa shape index (κ1) is 21.5. The van der Waals surface area contributed by atoms with E-state index < -0.39 is 5.92 Å². The molecule has 0 aliphatic carbocycles. The van der Waals surface area contributed by atoms with Crippen LogP contribution in [0.5, 0.6) is 0 Å². The summed E-state index contributed by atoms with van der Waals surface area (Å²) in [4.78, 5) is 19.3. The molecule has 31 heavy (non-hydrogen) atoms. The molecule has 6 nitrogen and oxygen atoms in total. The molecule has 0 amide bonds. The van der Waals surface area contributed by atoms with E-state index in [-0.39, 0.29) is 24.1 Å². The topological polar surface area (TPSA) is 69.1 Å². The number of nitrogens with zero attached hydrogens (tertiary/aromatic N) is 4. The Balaban J connectivity index is 1.70. The van der Waals surface area contributed by atoms with E-state index in [1.54, 1.807) is 27.1 Å². The van der Waals surface area contributed by atoms with Crippen LogP contribution in [0, 0.1) is 5.41 Å². The van der Waals surface area contributed by atoms with E-state index in [0.29, 0.717) is 36.7 Å². The van der Waals surface area contributed by atoms with Crippen LogP contribution in [0.1, 0.15) is 32.8 Å². The summed E-state index contributed by atoms with van der Waals surface area (Å²) in [6, 6.07) is 9.32. The summed E-state index contributed by atoms with van der Waals surface area (Å²) in [7, 11) is 1.72. The van der Waals surface area contributed by atoms with Crippen molar-refractivity contribution in [3.05, 3.63) is 46.4 Å². The third-order valence-corrected chi connectivity index (χ3v) is 5.66. The monoisotopic (exact) mass is 429 g/mol. The van der Waals surface area contributed by atoms with Crippen LogP contribution >= 0.6 is 0 Å². The first-order valence-electron chi connectivity index (χ1n) is 10.5. The summed E-state index contributed by atoms with van der Waals surface area (Å²) in [5, 5.41) is 0. The summed E-state index contributed by atoms with van der Waals surface area (Å²) >= 11 is 0. The number of aryl methyl sites for hydroxylation is 1. The molecule has 0 unspecified atom stereocenters. The van der Waals surface area contributed by atoms with E-state index in [4.69, 9.17) is 10.7 Å². The molecule has 1 fully saturated rings. The Kier molecular flexibility index (Phi) is 5.16. The molecule has 0 saturated carbocycles. The molecule has 3 aromatic rings. The predicted molar refractivity (Wildman–Crippen MR) is 119 cm³/mol. The molecule has 8 heteroatoms. The second-order valence-electron chi connectivity index (χ2n) is 9.77. The molecule has 1 saturated heterocycles. The molecular weight excluding hydrogens is 400 g/mol. The SMILES string of the molecule is Cn1c(=O)n(CC(C)(C)C)c2ccc(-c3cc(CN4CCC(F)(F)C4)ccc3N)nc21. The van der Waals surface area contributed by atoms with Gasteiger partial charge in [-0.25, -0.2) is 18.6 Å². The Morgan fingerprint density at radius 3 is 2.58 bits per heavy atom. The van der Waals surface area contributed by atoms with Gasteiger partial charge in [-0.05, 0) is 35.2 Å². The van der Waals surface area contributed by atoms with Crippen molar-refractivity contribution in [3.63, 3.8) is 0 Å². The molecule has 2 N–H and O–H groups in total. The van der Waals surface area contributed by atoms with Crippen molar-refractivity contribution in [2.75, 3.05) is 18.8 Å². The number of imidazole rings is 1. The van der Waals surface area contributed by atoms with Gasteiger partial charge in [0.05, 0.1) is 17.8 Å². The van der Waals surface area contributed by atoms with E-state index in [1.807, 2.05) is 24.3 Å². The summed E-state index contributed by atoms with van der Waals surface area (Å²) < 4.78 is 30.4. The third-order valence-electron chi connectivity index (χ3n) is 5.66. The number of hydrogen-bond donors (Lipinski definition) is 1. The number of benzene rings is 1. The Bertz CT molecular complexity index is 1190. The van der Waals surface area contributed by atoms with Crippen LogP contribution in [0.3, 0.4) is 0 Å². The molecule has 0 radical (unpaired) electrons. The van der Waals surface area contributed by atoms with Crippen molar-refractivity contribution in [2.45, 2.75) is 46.2 Å². The average Bonchev–Trinajstić information content (AvgIpc) is 3.13. The fourth-order valence-corrected chi connectivity index (χ4v) is 4.17. The molecule has 0 spiro atoms. The van der Waals surface area contributed by atoms with Crippen molar-refractivity contribution in [3.8, 4) is 11.3 Å². The zero-order valence-electron chi connectivity index (χ0n) is 18.5. The zero-order chi connectivity index (χ0) is 22.6. The number of pyridine rings is 1. The smallest absolute Gasteiger partial charge is 0.330 e. The number of rotatable bonds is 4. The number of fused-ring (bicyclic) bond motifs is 1. The van der Waals surface area contributed by atoms with Crippen LogP contribution < -0.4 is 11.4 Å². The van der Waals surface area contributed by atoms with Crippen LogP contribution in [0.4, 0.5) is 14.5 Å². The van der Waals surface area contributed by atoms with Gasteiger partial charge in [0.1, 0.15) is 0 Å². The quantitative estimate of drug-likeness (QED) is 0.640. The van der Waals surface area contributed by atoms with Gasteiger partial charge < -0.3 is 5.73 Å². The lowest BCUT2D eigenvalue weighted by Gasteiger charge is -2.18. The highest BCUT2D eigenvalue weighted by atomic mass is 19.3. The Hall–Kier alpha value is -2.74. The Morgan fingerprint density at radius 1 is 1.19 bits per heavy atom. The van der Waals surface area contributed by atoms with Crippen LogP contribution in [0.25, 0.3) is 22.4 Å². The maximum absolute atomic E-state index is 13.5. The normalized spacial score (nSPS) is 17.0. The van der Waals surface area contributed by atoms with E-state index in [2.05, 4.69) is 20.8 Å². The molecule has 4 rings (SSSR count). The molecule has 0 bridgehead atoms. The van der Waals surface area contributed by atoms with E-state index in [1.165, 1.54) is 0 Å². The highest BCUT2D eigenvalue weighted by Gasteiger charge is 2.37. The Labute approximate surface area is 180 Å². The van der Waals surface area contributed by atoms with Crippen molar-refractivity contribution < 1.29 is 8.78 Å². The van der Waals surface area contributed by atoms with Gasteiger partial charge in [-0.2, -0.15) is 0 Å². The lowest BCUT2D eigenvalue weighted by atomic mass is 9.97. The van der Waals surface area contributed by atoms with Crippen molar-refractivity contribution >= 4 is 16.9 Å². The minimum atomic E-state index is -2.62. The highest BCUT2D eigenvalue weighted by molar-refractivity contribution is 5.80. The standard InChI is InChI=1S/C23H29F2N5O/c1-22(2,3)13-30-19-8-7-18(27-20(19)28(4)21(30)31)16-11-15(5-6-17(16)26)12-29-10-9-23(24,25)14-29/h5-8,11H,9-10,12-14,26H2,1-4H3. The number of alkyl halides is 2. The first-order valence-corrected chi connectivity index (χ1v) is 10.5. The van der Waals surface area contributed by atoms with Gasteiger partial charge in [0.2, 0.25) is 0 Å². The van der Waals surface area contributed by atoms with Gasteiger partial charge in [-0.3, -0.25) is 14.0 Å². The van der Waals surface area contributed by atoms with Gasteiger partial charge in [0.15, 0.2) is 5.65 Å². The van der Waals surface area contributed by atoms with Crippen molar-refractivity contribution in [1.82, 2.24) is 19.0 Å². The number of halogens is 2. The van der Waals surface area contributed by atoms with Crippen LogP contribution in [-0.2, 0) is 20.1 Å². The highest BCUT2D eigenvalue weighted by Crippen LogP contribution is 2.31.